The maximum atomic E-state index is 12.6. The largest absolute Gasteiger partial charge is 0.507 e. The molecule has 0 atom stereocenters. The summed E-state index contributed by atoms with van der Waals surface area (Å²) in [5.41, 5.74) is 0.427. The molecule has 122 valence electrons. The van der Waals surface area contributed by atoms with Gasteiger partial charge in [0, 0.05) is 18.1 Å². The summed E-state index contributed by atoms with van der Waals surface area (Å²) in [4.78, 5) is 23.7. The molecule has 0 aliphatic rings. The Bertz CT molecular complexity index is 969. The van der Waals surface area contributed by atoms with E-state index in [0.717, 1.165) is 11.6 Å². The van der Waals surface area contributed by atoms with E-state index in [1.54, 1.807) is 19.2 Å². The number of carbonyl (C=O) groups excluding carboxylic acids is 1. The SMILES string of the molecule is COc1ccc(Cc2coc3c(C=O)c(O)cc(O)c3c2=O)cc1. The molecule has 24 heavy (non-hydrogen) atoms. The van der Waals surface area contributed by atoms with Crippen LogP contribution >= 0.6 is 0 Å². The van der Waals surface area contributed by atoms with E-state index >= 15 is 0 Å². The monoisotopic (exact) mass is 326 g/mol. The van der Waals surface area contributed by atoms with Gasteiger partial charge in [-0.3, -0.25) is 9.59 Å². The van der Waals surface area contributed by atoms with Gasteiger partial charge in [-0.2, -0.15) is 0 Å². The predicted octanol–water partition coefficient (Wildman–Crippen LogP) is 2.62. The fraction of sp³-hybridized carbons (Fsp3) is 0.111. The zero-order chi connectivity index (χ0) is 17.3. The van der Waals surface area contributed by atoms with Gasteiger partial charge >= 0.3 is 0 Å². The van der Waals surface area contributed by atoms with Gasteiger partial charge in [-0.25, -0.2) is 0 Å². The first-order chi connectivity index (χ1) is 11.5. The maximum absolute atomic E-state index is 12.6. The first kappa shape index (κ1) is 15.6. The van der Waals surface area contributed by atoms with E-state index in [1.807, 2.05) is 12.1 Å². The Morgan fingerprint density at radius 3 is 2.50 bits per heavy atom. The number of phenolic OH excluding ortho intramolecular Hbond substituents is 2. The molecule has 0 fully saturated rings. The van der Waals surface area contributed by atoms with Crippen molar-refractivity contribution in [2.24, 2.45) is 0 Å². The Balaban J connectivity index is 2.11. The summed E-state index contributed by atoms with van der Waals surface area (Å²) in [5.74, 6) is -0.174. The summed E-state index contributed by atoms with van der Waals surface area (Å²) < 4.78 is 10.4. The first-order valence-electron chi connectivity index (χ1n) is 7.12. The van der Waals surface area contributed by atoms with Gasteiger partial charge in [-0.15, -0.1) is 0 Å². The van der Waals surface area contributed by atoms with Crippen LogP contribution in [-0.2, 0) is 6.42 Å². The smallest absolute Gasteiger partial charge is 0.199 e. The van der Waals surface area contributed by atoms with Gasteiger partial charge in [0.15, 0.2) is 17.3 Å². The van der Waals surface area contributed by atoms with Crippen LogP contribution in [0.2, 0.25) is 0 Å². The van der Waals surface area contributed by atoms with Gasteiger partial charge < -0.3 is 19.4 Å². The lowest BCUT2D eigenvalue weighted by Gasteiger charge is -2.07. The second kappa shape index (κ2) is 6.08. The van der Waals surface area contributed by atoms with Crippen LogP contribution in [0.3, 0.4) is 0 Å². The molecule has 0 bridgehead atoms. The molecule has 0 aliphatic carbocycles. The summed E-state index contributed by atoms with van der Waals surface area (Å²) in [5, 5.41) is 19.5. The van der Waals surface area contributed by atoms with Gasteiger partial charge in [0.1, 0.15) is 22.6 Å². The molecule has 0 radical (unpaired) electrons. The Hall–Kier alpha value is -3.28. The predicted molar refractivity (Wildman–Crippen MR) is 87.0 cm³/mol. The fourth-order valence-corrected chi connectivity index (χ4v) is 2.53. The third kappa shape index (κ3) is 2.58. The van der Waals surface area contributed by atoms with E-state index in [1.165, 1.54) is 6.26 Å². The summed E-state index contributed by atoms with van der Waals surface area (Å²) in [6, 6.07) is 8.14. The summed E-state index contributed by atoms with van der Waals surface area (Å²) in [6.45, 7) is 0. The zero-order valence-corrected chi connectivity index (χ0v) is 12.8. The van der Waals surface area contributed by atoms with Crippen molar-refractivity contribution in [3.05, 3.63) is 63.5 Å². The molecule has 0 unspecified atom stereocenters. The minimum Gasteiger partial charge on any atom is -0.507 e. The van der Waals surface area contributed by atoms with Crippen molar-refractivity contribution < 1.29 is 24.2 Å². The van der Waals surface area contributed by atoms with Crippen molar-refractivity contribution in [3.63, 3.8) is 0 Å². The molecule has 6 nitrogen and oxygen atoms in total. The highest BCUT2D eigenvalue weighted by atomic mass is 16.5. The molecule has 0 spiro atoms. The number of hydrogen-bond acceptors (Lipinski definition) is 6. The molecule has 0 saturated heterocycles. The van der Waals surface area contributed by atoms with Crippen LogP contribution < -0.4 is 10.2 Å². The molecule has 3 rings (SSSR count). The molecule has 1 aromatic heterocycles. The zero-order valence-electron chi connectivity index (χ0n) is 12.8. The number of carbonyl (C=O) groups is 1. The number of aldehydes is 1. The van der Waals surface area contributed by atoms with Crippen LogP contribution in [0.5, 0.6) is 17.2 Å². The average Bonchev–Trinajstić information content (AvgIpc) is 2.58. The van der Waals surface area contributed by atoms with Crippen molar-refractivity contribution in [2.45, 2.75) is 6.42 Å². The van der Waals surface area contributed by atoms with Crippen LogP contribution in [-0.4, -0.2) is 23.6 Å². The fourth-order valence-electron chi connectivity index (χ4n) is 2.53. The highest BCUT2D eigenvalue weighted by Crippen LogP contribution is 2.32. The number of benzene rings is 2. The van der Waals surface area contributed by atoms with Crippen LogP contribution in [0.25, 0.3) is 11.0 Å². The van der Waals surface area contributed by atoms with Gasteiger partial charge in [0.2, 0.25) is 0 Å². The van der Waals surface area contributed by atoms with E-state index in [-0.39, 0.29) is 16.5 Å². The van der Waals surface area contributed by atoms with Gasteiger partial charge in [-0.1, -0.05) is 12.1 Å². The number of ether oxygens (including phenoxy) is 1. The van der Waals surface area contributed by atoms with E-state index in [0.29, 0.717) is 24.0 Å². The van der Waals surface area contributed by atoms with Gasteiger partial charge in [0.05, 0.1) is 18.9 Å². The second-order valence-electron chi connectivity index (χ2n) is 5.27. The Morgan fingerprint density at radius 2 is 1.88 bits per heavy atom. The molecule has 1 heterocycles. The summed E-state index contributed by atoms with van der Waals surface area (Å²) >= 11 is 0. The Morgan fingerprint density at radius 1 is 1.17 bits per heavy atom. The van der Waals surface area contributed by atoms with Crippen LogP contribution in [0.1, 0.15) is 21.5 Å². The summed E-state index contributed by atoms with van der Waals surface area (Å²) in [7, 11) is 1.57. The second-order valence-corrected chi connectivity index (χ2v) is 5.27. The van der Waals surface area contributed by atoms with Crippen molar-refractivity contribution >= 4 is 17.3 Å². The lowest BCUT2D eigenvalue weighted by atomic mass is 10.0. The van der Waals surface area contributed by atoms with Crippen molar-refractivity contribution in [1.82, 2.24) is 0 Å². The van der Waals surface area contributed by atoms with Crippen molar-refractivity contribution in [1.29, 1.82) is 0 Å². The topological polar surface area (TPSA) is 97.0 Å². The van der Waals surface area contributed by atoms with Crippen molar-refractivity contribution in [2.75, 3.05) is 7.11 Å². The molecular weight excluding hydrogens is 312 g/mol. The van der Waals surface area contributed by atoms with Gasteiger partial charge in [0.25, 0.3) is 0 Å². The van der Waals surface area contributed by atoms with E-state index in [4.69, 9.17) is 9.15 Å². The lowest BCUT2D eigenvalue weighted by molar-refractivity contribution is 0.112. The van der Waals surface area contributed by atoms with Crippen molar-refractivity contribution in [3.8, 4) is 17.2 Å². The van der Waals surface area contributed by atoms with Crippen LogP contribution in [0.4, 0.5) is 0 Å². The molecule has 2 aromatic carbocycles. The van der Waals surface area contributed by atoms with Gasteiger partial charge in [-0.05, 0) is 17.7 Å². The van der Waals surface area contributed by atoms with Crippen LogP contribution in [0, 0.1) is 0 Å². The summed E-state index contributed by atoms with van der Waals surface area (Å²) in [6.07, 6.45) is 1.91. The molecule has 6 heteroatoms. The maximum Gasteiger partial charge on any atom is 0.199 e. The highest BCUT2D eigenvalue weighted by molar-refractivity contribution is 6.00. The number of fused-ring (bicyclic) bond motifs is 1. The highest BCUT2D eigenvalue weighted by Gasteiger charge is 2.18. The third-order valence-corrected chi connectivity index (χ3v) is 3.79. The molecule has 0 amide bonds. The molecule has 0 aliphatic heterocycles. The Labute approximate surface area is 136 Å². The third-order valence-electron chi connectivity index (χ3n) is 3.79. The van der Waals surface area contributed by atoms with E-state index in [9.17, 15) is 19.8 Å². The molecule has 0 saturated carbocycles. The number of hydrogen-bond donors (Lipinski definition) is 2. The first-order valence-corrected chi connectivity index (χ1v) is 7.12. The number of methoxy groups -OCH3 is 1. The normalized spacial score (nSPS) is 10.7. The number of phenols is 2. The minimum atomic E-state index is -0.451. The minimum absolute atomic E-state index is 0.124. The molecule has 3 aromatic rings. The number of aromatic hydroxyl groups is 2. The van der Waals surface area contributed by atoms with Crippen LogP contribution in [0.15, 0.2) is 45.8 Å². The average molecular weight is 326 g/mol. The van der Waals surface area contributed by atoms with E-state index in [2.05, 4.69) is 0 Å². The molecular formula is C18H14O6. The number of rotatable bonds is 4. The lowest BCUT2D eigenvalue weighted by Crippen LogP contribution is -2.10. The standard InChI is InChI=1S/C18H14O6/c1-23-12-4-2-10(3-5-12)6-11-9-24-18-13(8-19)14(20)7-15(21)16(18)17(11)22/h2-5,7-9,20-21H,6H2,1H3. The quantitative estimate of drug-likeness (QED) is 0.715. The molecule has 2 N–H and O–H groups in total. The van der Waals surface area contributed by atoms with E-state index < -0.39 is 16.9 Å². The Kier molecular flexibility index (Phi) is 3.95.